The first-order valence-corrected chi connectivity index (χ1v) is 10.00. The second-order valence-electron chi connectivity index (χ2n) is 7.60. The SMILES string of the molecule is COC1(Cc2ccccc2-c2cccnc2)CCN(c2ccc([C]=O)cc2)CC1. The summed E-state index contributed by atoms with van der Waals surface area (Å²) in [6.45, 7) is 1.85. The lowest BCUT2D eigenvalue weighted by Crippen LogP contribution is -2.47. The Morgan fingerprint density at radius 1 is 1.03 bits per heavy atom. The maximum absolute atomic E-state index is 10.8. The molecule has 4 rings (SSSR count). The Hall–Kier alpha value is -2.98. The number of aromatic nitrogens is 1. The van der Waals surface area contributed by atoms with Gasteiger partial charge in [0.15, 0.2) is 0 Å². The molecule has 0 N–H and O–H groups in total. The van der Waals surface area contributed by atoms with E-state index in [1.807, 2.05) is 49.9 Å². The summed E-state index contributed by atoms with van der Waals surface area (Å²) in [5, 5.41) is 0. The number of hydrogen-bond acceptors (Lipinski definition) is 4. The van der Waals surface area contributed by atoms with E-state index >= 15 is 0 Å². The van der Waals surface area contributed by atoms with E-state index in [9.17, 15) is 4.79 Å². The Morgan fingerprint density at radius 3 is 2.45 bits per heavy atom. The van der Waals surface area contributed by atoms with Crippen LogP contribution in [0, 0.1) is 0 Å². The molecule has 1 aromatic heterocycles. The van der Waals surface area contributed by atoms with Gasteiger partial charge < -0.3 is 9.64 Å². The van der Waals surface area contributed by atoms with Crippen LogP contribution in [-0.2, 0) is 16.0 Å². The molecule has 0 saturated carbocycles. The van der Waals surface area contributed by atoms with Crippen LogP contribution in [0.1, 0.15) is 24.0 Å². The van der Waals surface area contributed by atoms with Crippen molar-refractivity contribution >= 4 is 12.0 Å². The number of nitrogens with zero attached hydrogens (tertiary/aromatic N) is 2. The fraction of sp³-hybridized carbons (Fsp3) is 0.280. The molecule has 4 nitrogen and oxygen atoms in total. The van der Waals surface area contributed by atoms with Gasteiger partial charge in [-0.3, -0.25) is 9.78 Å². The molecule has 0 spiro atoms. The van der Waals surface area contributed by atoms with Crippen molar-refractivity contribution in [3.8, 4) is 11.1 Å². The third-order valence-electron chi connectivity index (χ3n) is 5.96. The van der Waals surface area contributed by atoms with E-state index in [0.29, 0.717) is 5.56 Å². The van der Waals surface area contributed by atoms with Gasteiger partial charge in [-0.2, -0.15) is 0 Å². The zero-order valence-corrected chi connectivity index (χ0v) is 16.7. The van der Waals surface area contributed by atoms with Gasteiger partial charge in [-0.05, 0) is 54.3 Å². The normalized spacial score (nSPS) is 15.8. The van der Waals surface area contributed by atoms with Crippen LogP contribution >= 0.6 is 0 Å². The molecule has 3 aromatic rings. The molecule has 29 heavy (non-hydrogen) atoms. The van der Waals surface area contributed by atoms with Crippen LogP contribution in [0.25, 0.3) is 11.1 Å². The largest absolute Gasteiger partial charge is 0.378 e. The highest BCUT2D eigenvalue weighted by Gasteiger charge is 2.35. The Bertz CT molecular complexity index is 946. The fourth-order valence-corrected chi connectivity index (χ4v) is 4.19. The summed E-state index contributed by atoms with van der Waals surface area (Å²) in [7, 11) is 1.83. The second-order valence-corrected chi connectivity index (χ2v) is 7.60. The van der Waals surface area contributed by atoms with Crippen LogP contribution in [0.5, 0.6) is 0 Å². The molecule has 0 atom stereocenters. The molecule has 0 amide bonds. The number of pyridine rings is 1. The van der Waals surface area contributed by atoms with Gasteiger partial charge in [-0.15, -0.1) is 0 Å². The predicted molar refractivity (Wildman–Crippen MR) is 116 cm³/mol. The minimum Gasteiger partial charge on any atom is -0.378 e. The van der Waals surface area contributed by atoms with Crippen molar-refractivity contribution in [3.05, 3.63) is 84.2 Å². The van der Waals surface area contributed by atoms with E-state index in [4.69, 9.17) is 4.74 Å². The summed E-state index contributed by atoms with van der Waals surface area (Å²) in [5.41, 5.74) is 5.21. The van der Waals surface area contributed by atoms with Crippen molar-refractivity contribution in [1.82, 2.24) is 4.98 Å². The van der Waals surface area contributed by atoms with Gasteiger partial charge in [0.05, 0.1) is 5.60 Å². The molecule has 4 heteroatoms. The molecule has 1 saturated heterocycles. The van der Waals surface area contributed by atoms with Crippen molar-refractivity contribution in [1.29, 1.82) is 0 Å². The van der Waals surface area contributed by atoms with Gasteiger partial charge in [-0.25, -0.2) is 0 Å². The number of anilines is 1. The summed E-state index contributed by atoms with van der Waals surface area (Å²) < 4.78 is 6.10. The number of carbonyl (C=O) groups excluding carboxylic acids is 1. The van der Waals surface area contributed by atoms with E-state index in [-0.39, 0.29) is 5.60 Å². The van der Waals surface area contributed by atoms with Crippen LogP contribution in [0.2, 0.25) is 0 Å². The third-order valence-corrected chi connectivity index (χ3v) is 5.96. The van der Waals surface area contributed by atoms with Crippen LogP contribution in [0.4, 0.5) is 5.69 Å². The van der Waals surface area contributed by atoms with Crippen molar-refractivity contribution in [3.63, 3.8) is 0 Å². The summed E-state index contributed by atoms with van der Waals surface area (Å²) in [6.07, 6.45) is 8.43. The highest BCUT2D eigenvalue weighted by atomic mass is 16.5. The van der Waals surface area contributed by atoms with Crippen molar-refractivity contribution in [2.75, 3.05) is 25.1 Å². The van der Waals surface area contributed by atoms with Crippen LogP contribution < -0.4 is 4.90 Å². The van der Waals surface area contributed by atoms with Crippen LogP contribution in [0.15, 0.2) is 73.1 Å². The minimum absolute atomic E-state index is 0.175. The first-order chi connectivity index (χ1) is 14.2. The molecule has 0 unspecified atom stereocenters. The van der Waals surface area contributed by atoms with Gasteiger partial charge in [0, 0.05) is 55.8 Å². The highest BCUT2D eigenvalue weighted by Crippen LogP contribution is 2.35. The smallest absolute Gasteiger partial charge is 0.233 e. The maximum Gasteiger partial charge on any atom is 0.233 e. The number of ether oxygens (including phenoxy) is 1. The average Bonchev–Trinajstić information content (AvgIpc) is 2.80. The number of methoxy groups -OCH3 is 1. The van der Waals surface area contributed by atoms with Crippen LogP contribution in [-0.4, -0.2) is 37.1 Å². The van der Waals surface area contributed by atoms with Gasteiger partial charge in [0.25, 0.3) is 0 Å². The summed E-state index contributed by atoms with van der Waals surface area (Å²) in [5.74, 6) is 0. The Morgan fingerprint density at radius 2 is 1.79 bits per heavy atom. The van der Waals surface area contributed by atoms with E-state index in [1.54, 1.807) is 6.20 Å². The summed E-state index contributed by atoms with van der Waals surface area (Å²) in [6, 6.07) is 20.3. The minimum atomic E-state index is -0.175. The Balaban J connectivity index is 1.51. The molecule has 1 fully saturated rings. The summed E-state index contributed by atoms with van der Waals surface area (Å²) >= 11 is 0. The molecule has 2 heterocycles. The van der Waals surface area contributed by atoms with Gasteiger partial charge >= 0.3 is 0 Å². The lowest BCUT2D eigenvalue weighted by atomic mass is 9.82. The third kappa shape index (κ3) is 4.22. The molecule has 1 aliphatic heterocycles. The Labute approximate surface area is 172 Å². The molecular formula is C25H25N2O2. The van der Waals surface area contributed by atoms with Crippen LogP contribution in [0.3, 0.4) is 0 Å². The molecule has 0 bridgehead atoms. The second kappa shape index (κ2) is 8.58. The molecule has 0 aliphatic carbocycles. The molecule has 1 radical (unpaired) electrons. The first-order valence-electron chi connectivity index (χ1n) is 10.00. The number of hydrogen-bond donors (Lipinski definition) is 0. The fourth-order valence-electron chi connectivity index (χ4n) is 4.19. The summed E-state index contributed by atoms with van der Waals surface area (Å²) in [4.78, 5) is 17.4. The lowest BCUT2D eigenvalue weighted by Gasteiger charge is -2.42. The highest BCUT2D eigenvalue weighted by molar-refractivity contribution is 5.76. The molecule has 1 aliphatic rings. The zero-order chi connectivity index (χ0) is 20.1. The predicted octanol–water partition coefficient (Wildman–Crippen LogP) is 4.43. The van der Waals surface area contributed by atoms with E-state index < -0.39 is 0 Å². The van der Waals surface area contributed by atoms with Gasteiger partial charge in [0.1, 0.15) is 0 Å². The maximum atomic E-state index is 10.8. The van der Waals surface area contributed by atoms with Gasteiger partial charge in [0.2, 0.25) is 6.29 Å². The van der Waals surface area contributed by atoms with E-state index in [0.717, 1.165) is 43.6 Å². The molecule has 2 aromatic carbocycles. The Kier molecular flexibility index (Phi) is 5.72. The molecule has 147 valence electrons. The number of rotatable bonds is 6. The van der Waals surface area contributed by atoms with E-state index in [2.05, 4.69) is 40.2 Å². The quantitative estimate of drug-likeness (QED) is 0.629. The van der Waals surface area contributed by atoms with Gasteiger partial charge in [-0.1, -0.05) is 30.3 Å². The number of benzene rings is 2. The lowest BCUT2D eigenvalue weighted by molar-refractivity contribution is -0.0288. The zero-order valence-electron chi connectivity index (χ0n) is 16.7. The average molecular weight is 385 g/mol. The van der Waals surface area contributed by atoms with Crippen molar-refractivity contribution < 1.29 is 9.53 Å². The molecular weight excluding hydrogens is 360 g/mol. The van der Waals surface area contributed by atoms with E-state index in [1.165, 1.54) is 11.1 Å². The van der Waals surface area contributed by atoms with Crippen molar-refractivity contribution in [2.24, 2.45) is 0 Å². The first kappa shape index (κ1) is 19.3. The monoisotopic (exact) mass is 385 g/mol. The standard InChI is InChI=1S/C25H25N2O2/c1-29-25(12-15-27(16-13-25)23-10-8-20(19-28)9-11-23)17-21-5-2-3-7-24(21)22-6-4-14-26-18-22/h2-11,14,18H,12-13,15-17H2,1H3. The number of piperidine rings is 1. The van der Waals surface area contributed by atoms with Crippen molar-refractivity contribution in [2.45, 2.75) is 24.9 Å². The topological polar surface area (TPSA) is 42.4 Å².